The second-order valence-corrected chi connectivity index (χ2v) is 7.82. The Bertz CT molecular complexity index is 1140. The molecule has 31 heavy (non-hydrogen) atoms. The summed E-state index contributed by atoms with van der Waals surface area (Å²) in [6.45, 7) is 7.44. The fraction of sp³-hybridized carbons (Fsp3) is 0.208. The average Bonchev–Trinajstić information content (AvgIpc) is 3.07. The van der Waals surface area contributed by atoms with Crippen LogP contribution in [0.15, 0.2) is 60.7 Å². The molecule has 1 unspecified atom stereocenters. The molecular weight excluding hydrogens is 412 g/mol. The molecule has 0 aliphatic rings. The third kappa shape index (κ3) is 5.61. The third-order valence-electron chi connectivity index (χ3n) is 4.86. The number of hydrogen-bond donors (Lipinski definition) is 2. The molecule has 7 heteroatoms. The number of benzene rings is 2. The lowest BCUT2D eigenvalue weighted by atomic mass is 10.1. The van der Waals surface area contributed by atoms with E-state index in [1.165, 1.54) is 6.08 Å². The van der Waals surface area contributed by atoms with Gasteiger partial charge in [0.15, 0.2) is 0 Å². The molecule has 2 N–H and O–H groups in total. The van der Waals surface area contributed by atoms with Gasteiger partial charge in [0, 0.05) is 17.5 Å². The highest BCUT2D eigenvalue weighted by Crippen LogP contribution is 2.27. The van der Waals surface area contributed by atoms with Crippen molar-refractivity contribution in [1.82, 2.24) is 9.78 Å². The van der Waals surface area contributed by atoms with Crippen molar-refractivity contribution in [3.05, 3.63) is 82.6 Å². The monoisotopic (exact) mass is 436 g/mol. The van der Waals surface area contributed by atoms with Crippen molar-refractivity contribution in [1.29, 1.82) is 0 Å². The van der Waals surface area contributed by atoms with E-state index in [-0.39, 0.29) is 11.8 Å². The summed E-state index contributed by atoms with van der Waals surface area (Å²) in [5, 5.41) is 10.3. The zero-order valence-electron chi connectivity index (χ0n) is 17.9. The molecule has 6 nitrogen and oxygen atoms in total. The van der Waals surface area contributed by atoms with E-state index in [4.69, 9.17) is 11.6 Å². The minimum atomic E-state index is -0.491. The van der Waals surface area contributed by atoms with Crippen molar-refractivity contribution in [2.45, 2.75) is 33.7 Å². The summed E-state index contributed by atoms with van der Waals surface area (Å²) in [6, 6.07) is 16.1. The number of aromatic nitrogens is 2. The van der Waals surface area contributed by atoms with Gasteiger partial charge >= 0.3 is 0 Å². The summed E-state index contributed by atoms with van der Waals surface area (Å²) in [6.07, 6.45) is 1.54. The molecule has 0 saturated heterocycles. The van der Waals surface area contributed by atoms with Crippen molar-refractivity contribution >= 4 is 40.4 Å². The van der Waals surface area contributed by atoms with Crippen molar-refractivity contribution < 1.29 is 9.59 Å². The van der Waals surface area contributed by atoms with Crippen LogP contribution in [0.3, 0.4) is 0 Å². The molecule has 2 amide bonds. The van der Waals surface area contributed by atoms with Crippen molar-refractivity contribution in [2.24, 2.45) is 0 Å². The average molecular weight is 437 g/mol. The Labute approximate surface area is 186 Å². The van der Waals surface area contributed by atoms with Gasteiger partial charge < -0.3 is 10.6 Å². The first-order valence-electron chi connectivity index (χ1n) is 9.92. The minimum Gasteiger partial charge on any atom is -0.323 e. The maximum Gasteiger partial charge on any atom is 0.248 e. The normalized spacial score (nSPS) is 12.4. The Kier molecular flexibility index (Phi) is 6.92. The summed E-state index contributed by atoms with van der Waals surface area (Å²) in [7, 11) is 0. The number of halogens is 1. The molecule has 3 aromatic rings. The molecule has 0 bridgehead atoms. The van der Waals surface area contributed by atoms with Gasteiger partial charge in [-0.15, -0.1) is 0 Å². The lowest BCUT2D eigenvalue weighted by Crippen LogP contribution is -2.25. The second-order valence-electron chi connectivity index (χ2n) is 7.41. The highest BCUT2D eigenvalue weighted by atomic mass is 35.5. The molecule has 3 rings (SSSR count). The van der Waals surface area contributed by atoms with Gasteiger partial charge in [-0.2, -0.15) is 5.10 Å². The van der Waals surface area contributed by atoms with Crippen LogP contribution >= 0.6 is 11.6 Å². The largest absolute Gasteiger partial charge is 0.323 e. The molecule has 0 aliphatic carbocycles. The number of anilines is 2. The fourth-order valence-corrected chi connectivity index (χ4v) is 3.47. The van der Waals surface area contributed by atoms with Crippen molar-refractivity contribution in [3.63, 3.8) is 0 Å². The van der Waals surface area contributed by atoms with Gasteiger partial charge in [0.05, 0.1) is 16.4 Å². The lowest BCUT2D eigenvalue weighted by Gasteiger charge is -2.15. The first kappa shape index (κ1) is 22.3. The smallest absolute Gasteiger partial charge is 0.248 e. The van der Waals surface area contributed by atoms with E-state index in [0.29, 0.717) is 16.4 Å². The summed E-state index contributed by atoms with van der Waals surface area (Å²) in [4.78, 5) is 25.0. The van der Waals surface area contributed by atoms with E-state index >= 15 is 0 Å². The van der Waals surface area contributed by atoms with Gasteiger partial charge in [0.25, 0.3) is 0 Å². The van der Waals surface area contributed by atoms with E-state index in [9.17, 15) is 9.59 Å². The molecule has 1 heterocycles. The predicted octanol–water partition coefficient (Wildman–Crippen LogP) is 5.40. The minimum absolute atomic E-state index is 0.230. The van der Waals surface area contributed by atoms with Crippen molar-refractivity contribution in [3.8, 4) is 0 Å². The van der Waals surface area contributed by atoms with Crippen LogP contribution in [-0.2, 0) is 9.59 Å². The van der Waals surface area contributed by atoms with Crippen LogP contribution in [0.5, 0.6) is 0 Å². The molecule has 0 fully saturated rings. The quantitative estimate of drug-likeness (QED) is 0.508. The van der Waals surface area contributed by atoms with Crippen LogP contribution in [0.4, 0.5) is 11.4 Å². The first-order valence-corrected chi connectivity index (χ1v) is 10.3. The summed E-state index contributed by atoms with van der Waals surface area (Å²) in [5.74, 6) is -0.487. The van der Waals surface area contributed by atoms with Crippen LogP contribution in [0, 0.1) is 13.8 Å². The number of carbonyl (C=O) groups is 2. The summed E-state index contributed by atoms with van der Waals surface area (Å²) >= 11 is 6.34. The number of allylic oxidation sites excluding steroid dienone is 1. The van der Waals surface area contributed by atoms with Crippen LogP contribution < -0.4 is 10.6 Å². The molecule has 0 radical (unpaired) electrons. The maximum atomic E-state index is 12.6. The Morgan fingerprint density at radius 1 is 1.06 bits per heavy atom. The second kappa shape index (κ2) is 9.62. The number of nitrogens with one attached hydrogen (secondary N) is 2. The van der Waals surface area contributed by atoms with Gasteiger partial charge in [0.1, 0.15) is 6.04 Å². The highest BCUT2D eigenvalue weighted by Gasteiger charge is 2.19. The molecule has 0 spiro atoms. The van der Waals surface area contributed by atoms with E-state index in [0.717, 1.165) is 22.5 Å². The SMILES string of the molecule is C/C(=C/C(=O)Nc1ccc(NC(=O)C(C)n2nc(C)cc2C)c(Cl)c1)c1ccccc1. The lowest BCUT2D eigenvalue weighted by molar-refractivity contribution is -0.119. The summed E-state index contributed by atoms with van der Waals surface area (Å²) < 4.78 is 1.68. The number of nitrogens with zero attached hydrogens (tertiary/aromatic N) is 2. The van der Waals surface area contributed by atoms with Crippen LogP contribution in [0.2, 0.25) is 5.02 Å². The van der Waals surface area contributed by atoms with Crippen LogP contribution in [0.25, 0.3) is 5.57 Å². The van der Waals surface area contributed by atoms with Gasteiger partial charge in [-0.05, 0) is 63.1 Å². The predicted molar refractivity (Wildman–Crippen MR) is 125 cm³/mol. The highest BCUT2D eigenvalue weighted by molar-refractivity contribution is 6.34. The Balaban J connectivity index is 1.66. The third-order valence-corrected chi connectivity index (χ3v) is 5.17. The van der Waals surface area contributed by atoms with E-state index < -0.39 is 6.04 Å². The van der Waals surface area contributed by atoms with Gasteiger partial charge in [-0.1, -0.05) is 41.9 Å². The Morgan fingerprint density at radius 2 is 1.77 bits per heavy atom. The van der Waals surface area contributed by atoms with E-state index in [1.807, 2.05) is 57.2 Å². The topological polar surface area (TPSA) is 76.0 Å². The Morgan fingerprint density at radius 3 is 2.39 bits per heavy atom. The van der Waals surface area contributed by atoms with Crippen LogP contribution in [0.1, 0.15) is 36.8 Å². The molecule has 1 atom stereocenters. The Hall–Kier alpha value is -3.38. The fourth-order valence-electron chi connectivity index (χ4n) is 3.24. The summed E-state index contributed by atoms with van der Waals surface area (Å²) in [5.41, 5.74) is 4.59. The molecular formula is C24H25ClN4O2. The number of rotatable bonds is 6. The molecule has 0 aliphatic heterocycles. The van der Waals surface area contributed by atoms with Gasteiger partial charge in [-0.3, -0.25) is 14.3 Å². The first-order chi connectivity index (χ1) is 14.7. The zero-order chi connectivity index (χ0) is 22.5. The zero-order valence-corrected chi connectivity index (χ0v) is 18.7. The number of carbonyl (C=O) groups excluding carboxylic acids is 2. The van der Waals surface area contributed by atoms with E-state index in [1.54, 1.807) is 29.8 Å². The number of hydrogen-bond acceptors (Lipinski definition) is 3. The van der Waals surface area contributed by atoms with Crippen LogP contribution in [-0.4, -0.2) is 21.6 Å². The molecule has 1 aromatic heterocycles. The van der Waals surface area contributed by atoms with Gasteiger partial charge in [0.2, 0.25) is 11.8 Å². The maximum absolute atomic E-state index is 12.6. The van der Waals surface area contributed by atoms with E-state index in [2.05, 4.69) is 15.7 Å². The molecule has 0 saturated carbocycles. The van der Waals surface area contributed by atoms with Gasteiger partial charge in [-0.25, -0.2) is 0 Å². The number of amides is 2. The molecule has 160 valence electrons. The van der Waals surface area contributed by atoms with Crippen molar-refractivity contribution in [2.75, 3.05) is 10.6 Å². The number of aryl methyl sites for hydroxylation is 2. The standard InChI is InChI=1S/C24H25ClN4O2/c1-15(19-8-6-5-7-9-19)12-23(30)26-20-10-11-22(21(25)14-20)27-24(31)18(4)29-17(3)13-16(2)28-29/h5-14,18H,1-4H3,(H,26,30)(H,27,31)/b15-12-. The molecule has 2 aromatic carbocycles.